The summed E-state index contributed by atoms with van der Waals surface area (Å²) in [6.07, 6.45) is 1.45. The van der Waals surface area contributed by atoms with Crippen molar-refractivity contribution >= 4 is 24.1 Å². The molecule has 0 amide bonds. The van der Waals surface area contributed by atoms with Gasteiger partial charge in [-0.05, 0) is 6.92 Å². The highest BCUT2D eigenvalue weighted by atomic mass is 31.2. The standard InChI is InChI=1S/C9H14N5OP/c1-6-7-8(10-2)11-5-12-9(7)14(13-6)16(3,4)15/h5H,1-4H3,(H,10,11,12). The van der Waals surface area contributed by atoms with Crippen molar-refractivity contribution in [3.8, 4) is 0 Å². The lowest BCUT2D eigenvalue weighted by atomic mass is 10.3. The van der Waals surface area contributed by atoms with Gasteiger partial charge in [-0.25, -0.2) is 9.97 Å². The molecule has 0 aliphatic carbocycles. The number of aryl methyl sites for hydroxylation is 1. The summed E-state index contributed by atoms with van der Waals surface area (Å²) in [5.74, 6) is 0.710. The molecule has 0 saturated carbocycles. The Balaban J connectivity index is 2.87. The van der Waals surface area contributed by atoms with Gasteiger partial charge in [0, 0.05) is 20.4 Å². The van der Waals surface area contributed by atoms with Gasteiger partial charge in [0.1, 0.15) is 12.1 Å². The molecule has 2 rings (SSSR count). The second kappa shape index (κ2) is 3.56. The maximum Gasteiger partial charge on any atom is 0.187 e. The van der Waals surface area contributed by atoms with E-state index in [4.69, 9.17) is 0 Å². The molecule has 0 aliphatic heterocycles. The normalized spacial score (nSPS) is 12.0. The van der Waals surface area contributed by atoms with Gasteiger partial charge in [-0.2, -0.15) is 9.55 Å². The zero-order valence-corrected chi connectivity index (χ0v) is 10.6. The van der Waals surface area contributed by atoms with Gasteiger partial charge in [0.15, 0.2) is 12.9 Å². The molecule has 6 nitrogen and oxygen atoms in total. The van der Waals surface area contributed by atoms with E-state index in [9.17, 15) is 4.57 Å². The summed E-state index contributed by atoms with van der Waals surface area (Å²) in [4.78, 5) is 8.27. The van der Waals surface area contributed by atoms with Crippen molar-refractivity contribution < 1.29 is 4.57 Å². The van der Waals surface area contributed by atoms with Crippen molar-refractivity contribution in [1.29, 1.82) is 0 Å². The molecule has 2 aromatic heterocycles. The Morgan fingerprint density at radius 1 is 1.38 bits per heavy atom. The van der Waals surface area contributed by atoms with Gasteiger partial charge in [0.05, 0.1) is 11.1 Å². The van der Waals surface area contributed by atoms with Crippen LogP contribution in [0, 0.1) is 6.92 Å². The quantitative estimate of drug-likeness (QED) is 0.805. The first-order chi connectivity index (χ1) is 7.45. The molecular weight excluding hydrogens is 225 g/mol. The summed E-state index contributed by atoms with van der Waals surface area (Å²) in [5.41, 5.74) is 1.40. The monoisotopic (exact) mass is 239 g/mol. The third-order valence-corrected chi connectivity index (χ3v) is 3.51. The van der Waals surface area contributed by atoms with Crippen molar-refractivity contribution in [3.05, 3.63) is 12.0 Å². The second-order valence-corrected chi connectivity index (χ2v) is 6.91. The summed E-state index contributed by atoms with van der Waals surface area (Å²) in [6, 6.07) is 0. The maximum absolute atomic E-state index is 12.1. The van der Waals surface area contributed by atoms with Crippen LogP contribution in [0.5, 0.6) is 0 Å². The van der Waals surface area contributed by atoms with Crippen molar-refractivity contribution in [1.82, 2.24) is 19.5 Å². The van der Waals surface area contributed by atoms with Gasteiger partial charge >= 0.3 is 0 Å². The number of rotatable bonds is 2. The molecule has 0 unspecified atom stereocenters. The smallest absolute Gasteiger partial charge is 0.187 e. The molecule has 0 saturated heterocycles. The molecule has 2 aromatic rings. The van der Waals surface area contributed by atoms with E-state index in [1.165, 1.54) is 10.8 Å². The Bertz CT molecular complexity index is 585. The first-order valence-electron chi connectivity index (χ1n) is 4.89. The van der Waals surface area contributed by atoms with Crippen LogP contribution in [0.3, 0.4) is 0 Å². The van der Waals surface area contributed by atoms with Gasteiger partial charge < -0.3 is 5.32 Å². The zero-order valence-electron chi connectivity index (χ0n) is 9.72. The molecule has 1 N–H and O–H groups in total. The molecule has 0 fully saturated rings. The van der Waals surface area contributed by atoms with Crippen LogP contribution in [0.2, 0.25) is 0 Å². The number of hydrogen-bond donors (Lipinski definition) is 1. The average molecular weight is 239 g/mol. The van der Waals surface area contributed by atoms with Crippen LogP contribution in [0.4, 0.5) is 5.82 Å². The number of aromatic nitrogens is 4. The van der Waals surface area contributed by atoms with Crippen LogP contribution in [0.25, 0.3) is 11.0 Å². The van der Waals surface area contributed by atoms with Crippen LogP contribution in [0.15, 0.2) is 6.33 Å². The van der Waals surface area contributed by atoms with Crippen molar-refractivity contribution in [3.63, 3.8) is 0 Å². The molecule has 2 heterocycles. The Morgan fingerprint density at radius 2 is 2.06 bits per heavy atom. The largest absolute Gasteiger partial charge is 0.372 e. The predicted molar refractivity (Wildman–Crippen MR) is 64.5 cm³/mol. The lowest BCUT2D eigenvalue weighted by Crippen LogP contribution is -1.99. The van der Waals surface area contributed by atoms with Crippen LogP contribution in [-0.4, -0.2) is 39.9 Å². The highest BCUT2D eigenvalue weighted by Crippen LogP contribution is 2.41. The minimum Gasteiger partial charge on any atom is -0.372 e. The first kappa shape index (κ1) is 11.1. The molecular formula is C9H14N5OP. The van der Waals surface area contributed by atoms with E-state index < -0.39 is 7.29 Å². The van der Waals surface area contributed by atoms with Crippen molar-refractivity contribution in [2.45, 2.75) is 6.92 Å². The van der Waals surface area contributed by atoms with E-state index in [2.05, 4.69) is 20.4 Å². The molecule has 86 valence electrons. The molecule has 0 aromatic carbocycles. The Labute approximate surface area is 93.5 Å². The highest BCUT2D eigenvalue weighted by Gasteiger charge is 2.20. The summed E-state index contributed by atoms with van der Waals surface area (Å²) in [7, 11) is -0.698. The van der Waals surface area contributed by atoms with Gasteiger partial charge in [-0.1, -0.05) is 0 Å². The van der Waals surface area contributed by atoms with Crippen LogP contribution >= 0.6 is 7.29 Å². The topological polar surface area (TPSA) is 72.7 Å². The molecule has 0 atom stereocenters. The number of fused-ring (bicyclic) bond motifs is 1. The van der Waals surface area contributed by atoms with E-state index >= 15 is 0 Å². The predicted octanol–water partition coefficient (Wildman–Crippen LogP) is 1.56. The fraction of sp³-hybridized carbons (Fsp3) is 0.444. The Morgan fingerprint density at radius 3 is 2.62 bits per heavy atom. The van der Waals surface area contributed by atoms with Crippen molar-refractivity contribution in [2.24, 2.45) is 0 Å². The summed E-state index contributed by atoms with van der Waals surface area (Å²) >= 11 is 0. The fourth-order valence-corrected chi connectivity index (χ4v) is 2.58. The minimum atomic E-state index is -2.49. The van der Waals surface area contributed by atoms with Crippen LogP contribution < -0.4 is 5.32 Å². The Kier molecular flexibility index (Phi) is 2.46. The minimum absolute atomic E-state index is 0.616. The maximum atomic E-state index is 12.1. The molecule has 16 heavy (non-hydrogen) atoms. The average Bonchev–Trinajstić information content (AvgIpc) is 2.56. The lowest BCUT2D eigenvalue weighted by molar-refractivity contribution is 0.572. The molecule has 7 heteroatoms. The SMILES string of the molecule is CNc1ncnc2c1c(C)nn2P(C)(C)=O. The molecule has 0 spiro atoms. The van der Waals surface area contributed by atoms with Crippen molar-refractivity contribution in [2.75, 3.05) is 25.7 Å². The number of nitrogens with zero attached hydrogens (tertiary/aromatic N) is 4. The van der Waals surface area contributed by atoms with Gasteiger partial charge in [0.25, 0.3) is 0 Å². The van der Waals surface area contributed by atoms with E-state index in [1.54, 1.807) is 20.4 Å². The second-order valence-electron chi connectivity index (χ2n) is 3.94. The summed E-state index contributed by atoms with van der Waals surface area (Å²) < 4.78 is 13.6. The lowest BCUT2D eigenvalue weighted by Gasteiger charge is -2.07. The molecule has 0 radical (unpaired) electrons. The number of hydrogen-bond acceptors (Lipinski definition) is 5. The van der Waals surface area contributed by atoms with Gasteiger partial charge in [-0.15, -0.1) is 0 Å². The van der Waals surface area contributed by atoms with Crippen LogP contribution in [-0.2, 0) is 4.57 Å². The number of anilines is 1. The van der Waals surface area contributed by atoms with Gasteiger partial charge in [-0.3, -0.25) is 4.57 Å². The number of nitrogens with one attached hydrogen (secondary N) is 1. The molecule has 0 bridgehead atoms. The van der Waals surface area contributed by atoms with Gasteiger partial charge in [0.2, 0.25) is 0 Å². The third-order valence-electron chi connectivity index (χ3n) is 2.32. The van der Waals surface area contributed by atoms with E-state index in [-0.39, 0.29) is 0 Å². The Hall–Kier alpha value is -1.42. The van der Waals surface area contributed by atoms with Crippen LogP contribution in [0.1, 0.15) is 5.69 Å². The van der Waals surface area contributed by atoms with E-state index in [1.807, 2.05) is 6.92 Å². The fourth-order valence-electron chi connectivity index (χ4n) is 1.63. The third kappa shape index (κ3) is 1.59. The summed E-state index contributed by atoms with van der Waals surface area (Å²) in [5, 5.41) is 8.09. The van der Waals surface area contributed by atoms with E-state index in [0.717, 1.165) is 11.1 Å². The summed E-state index contributed by atoms with van der Waals surface area (Å²) in [6.45, 7) is 5.19. The highest BCUT2D eigenvalue weighted by molar-refractivity contribution is 7.60. The first-order valence-corrected chi connectivity index (χ1v) is 7.44. The molecule has 0 aliphatic rings. The van der Waals surface area contributed by atoms with E-state index in [0.29, 0.717) is 11.5 Å². The zero-order chi connectivity index (χ0) is 11.9.